The fourth-order valence-corrected chi connectivity index (χ4v) is 7.82. The molecular formula is C32H34ClKN2O6S2. The number of fused-ring (bicyclic) bond motifs is 2. The van der Waals surface area contributed by atoms with Crippen molar-refractivity contribution in [2.45, 2.75) is 67.6 Å². The molecule has 5 rings (SSSR count). The molecule has 12 heteroatoms. The van der Waals surface area contributed by atoms with Gasteiger partial charge in [-0.3, -0.25) is 0 Å². The van der Waals surface area contributed by atoms with Gasteiger partial charge in [-0.25, -0.2) is 16.8 Å². The summed E-state index contributed by atoms with van der Waals surface area (Å²) in [5.74, 6) is 0. The van der Waals surface area contributed by atoms with Gasteiger partial charge < -0.3 is 14.0 Å². The number of anilines is 1. The number of hydrogen-bond donors (Lipinski definition) is 0. The van der Waals surface area contributed by atoms with E-state index in [0.717, 1.165) is 64.3 Å². The minimum absolute atomic E-state index is 0. The van der Waals surface area contributed by atoms with Crippen molar-refractivity contribution in [3.05, 3.63) is 93.7 Å². The molecule has 0 bridgehead atoms. The van der Waals surface area contributed by atoms with Gasteiger partial charge in [0.2, 0.25) is 5.69 Å². The van der Waals surface area contributed by atoms with Crippen LogP contribution in [0.3, 0.4) is 0 Å². The number of allylic oxidation sites excluding steroid dienone is 8. The van der Waals surface area contributed by atoms with Gasteiger partial charge >= 0.3 is 51.4 Å². The van der Waals surface area contributed by atoms with E-state index < -0.39 is 31.1 Å². The van der Waals surface area contributed by atoms with Gasteiger partial charge in [0.25, 0.3) is 0 Å². The van der Waals surface area contributed by atoms with Crippen LogP contribution in [-0.2, 0) is 31.1 Å². The minimum atomic E-state index is -4.57. The van der Waals surface area contributed by atoms with Gasteiger partial charge in [-0.1, -0.05) is 37.6 Å². The van der Waals surface area contributed by atoms with Gasteiger partial charge in [0, 0.05) is 46.6 Å². The molecule has 1 aliphatic carbocycles. The van der Waals surface area contributed by atoms with E-state index in [1.165, 1.54) is 24.3 Å². The van der Waals surface area contributed by atoms with E-state index in [1.807, 2.05) is 75.6 Å². The number of likely N-dealkylation sites (N-methyl/N-ethyl adjacent to an activating group) is 1. The third-order valence-electron chi connectivity index (χ3n) is 8.93. The zero-order chi connectivity index (χ0) is 31.7. The fraction of sp³-hybridized carbons (Fsp3) is 0.344. The molecule has 2 aromatic rings. The van der Waals surface area contributed by atoms with Crippen molar-refractivity contribution < 1.29 is 81.9 Å². The molecule has 0 aromatic heterocycles. The van der Waals surface area contributed by atoms with Crippen LogP contribution in [0.15, 0.2) is 92.4 Å². The van der Waals surface area contributed by atoms with Crippen molar-refractivity contribution >= 4 is 48.9 Å². The Balaban J connectivity index is 0.00000442. The van der Waals surface area contributed by atoms with E-state index in [1.54, 1.807) is 12.1 Å². The van der Waals surface area contributed by atoms with Crippen molar-refractivity contribution in [3.8, 4) is 0 Å². The summed E-state index contributed by atoms with van der Waals surface area (Å²) in [6, 6.07) is 8.97. The zero-order valence-electron chi connectivity index (χ0n) is 25.9. The molecule has 44 heavy (non-hydrogen) atoms. The molecule has 0 amide bonds. The van der Waals surface area contributed by atoms with Gasteiger partial charge in [-0.05, 0) is 86.2 Å². The van der Waals surface area contributed by atoms with Gasteiger partial charge in [0.15, 0.2) is 5.71 Å². The van der Waals surface area contributed by atoms with Crippen LogP contribution in [0.5, 0.6) is 0 Å². The summed E-state index contributed by atoms with van der Waals surface area (Å²) >= 11 is 6.95. The Bertz CT molecular complexity index is 1940. The molecule has 0 fully saturated rings. The van der Waals surface area contributed by atoms with Crippen LogP contribution in [0, 0.1) is 0 Å². The normalized spacial score (nSPS) is 21.3. The Morgan fingerprint density at radius 1 is 0.864 bits per heavy atom. The van der Waals surface area contributed by atoms with E-state index >= 15 is 0 Å². The average molecular weight is 681 g/mol. The molecule has 0 radical (unpaired) electrons. The summed E-state index contributed by atoms with van der Waals surface area (Å²) in [6.45, 7) is 7.99. The monoisotopic (exact) mass is 680 g/mol. The second kappa shape index (κ2) is 12.3. The second-order valence-electron chi connectivity index (χ2n) is 12.3. The molecule has 0 saturated carbocycles. The third kappa shape index (κ3) is 6.30. The van der Waals surface area contributed by atoms with E-state index in [9.17, 15) is 25.9 Å². The smallest absolute Gasteiger partial charge is 0.744 e. The molecule has 0 N–H and O–H groups in total. The summed E-state index contributed by atoms with van der Waals surface area (Å²) in [4.78, 5) is 1.52. The van der Waals surface area contributed by atoms with Crippen molar-refractivity contribution in [1.82, 2.24) is 0 Å². The van der Waals surface area contributed by atoms with Crippen LogP contribution in [0.25, 0.3) is 0 Å². The summed E-state index contributed by atoms with van der Waals surface area (Å²) < 4.78 is 71.9. The molecule has 0 spiro atoms. The SMILES string of the molecule is CN1/C(=C/C=C2\CCCC(/C=C/C3=[N+](C)c4ccc(S(=O)(=O)[O-])cc4C3(C)C)=C2Cl)C(C)(C)c2cc(S(=O)(=O)[O-])ccc21.[K+]. The van der Waals surface area contributed by atoms with Gasteiger partial charge in [0.1, 0.15) is 27.3 Å². The molecule has 3 aliphatic rings. The number of hydrogen-bond acceptors (Lipinski definition) is 7. The first kappa shape index (κ1) is 35.5. The Morgan fingerprint density at radius 3 is 2.07 bits per heavy atom. The number of benzene rings is 2. The number of nitrogens with zero attached hydrogens (tertiary/aromatic N) is 2. The van der Waals surface area contributed by atoms with E-state index in [4.69, 9.17) is 11.6 Å². The summed E-state index contributed by atoms with van der Waals surface area (Å²) in [5.41, 5.74) is 6.03. The summed E-state index contributed by atoms with van der Waals surface area (Å²) in [5, 5.41) is 0.673. The molecule has 0 atom stereocenters. The van der Waals surface area contributed by atoms with Crippen LogP contribution >= 0.6 is 11.6 Å². The van der Waals surface area contributed by atoms with Crippen LogP contribution < -0.4 is 56.3 Å². The topological polar surface area (TPSA) is 121 Å². The standard InChI is InChI=1S/C32H35ClN2O6S2.K/c1-31(2)24-18-22(42(36,37)38)12-14-26(24)34(5)28(31)16-10-20-8-7-9-21(30(20)33)11-17-29-32(3,4)25-19-23(43(39,40)41)13-15-27(25)35(29)6;/h10-19H,7-9H2,1-6H3,(H-,36,37,38,39,40,41);/q;+1/p-1. The maximum atomic E-state index is 11.6. The van der Waals surface area contributed by atoms with Crippen molar-refractivity contribution in [3.63, 3.8) is 0 Å². The fourth-order valence-electron chi connectivity index (χ4n) is 6.51. The number of rotatable bonds is 5. The van der Waals surface area contributed by atoms with E-state index in [0.29, 0.717) is 5.03 Å². The zero-order valence-corrected chi connectivity index (χ0v) is 31.4. The van der Waals surface area contributed by atoms with Crippen LogP contribution in [0.4, 0.5) is 11.4 Å². The second-order valence-corrected chi connectivity index (χ2v) is 15.4. The quantitative estimate of drug-likeness (QED) is 0.271. The molecule has 2 aromatic carbocycles. The van der Waals surface area contributed by atoms with Gasteiger partial charge in [0.05, 0.1) is 15.2 Å². The van der Waals surface area contributed by atoms with Crippen molar-refractivity contribution in [2.24, 2.45) is 0 Å². The number of halogens is 1. The maximum Gasteiger partial charge on any atom is 1.00 e. The third-order valence-corrected chi connectivity index (χ3v) is 11.1. The molecule has 2 aliphatic heterocycles. The van der Waals surface area contributed by atoms with Crippen molar-refractivity contribution in [2.75, 3.05) is 19.0 Å². The molecule has 228 valence electrons. The predicted octanol–water partition coefficient (Wildman–Crippen LogP) is 2.98. The first-order valence-electron chi connectivity index (χ1n) is 13.9. The van der Waals surface area contributed by atoms with Gasteiger partial charge in [-0.2, -0.15) is 4.58 Å². The Kier molecular flexibility index (Phi) is 9.94. The minimum Gasteiger partial charge on any atom is -0.744 e. The molecular weight excluding hydrogens is 647 g/mol. The average Bonchev–Trinajstić information content (AvgIpc) is 3.23. The first-order valence-corrected chi connectivity index (χ1v) is 17.1. The first-order chi connectivity index (χ1) is 19.8. The van der Waals surface area contributed by atoms with Gasteiger partial charge in [-0.15, -0.1) is 0 Å². The Morgan fingerprint density at radius 2 is 1.45 bits per heavy atom. The Hall–Kier alpha value is -1.38. The molecule has 0 saturated heterocycles. The van der Waals surface area contributed by atoms with Crippen molar-refractivity contribution in [1.29, 1.82) is 0 Å². The Labute approximate surface area is 307 Å². The molecule has 0 unspecified atom stereocenters. The van der Waals surface area contributed by atoms with Crippen LogP contribution in [0.2, 0.25) is 0 Å². The van der Waals surface area contributed by atoms with E-state index in [-0.39, 0.29) is 61.2 Å². The molecule has 2 heterocycles. The molecule has 8 nitrogen and oxygen atoms in total. The summed E-state index contributed by atoms with van der Waals surface area (Å²) in [6.07, 6.45) is 10.6. The predicted molar refractivity (Wildman–Crippen MR) is 166 cm³/mol. The maximum absolute atomic E-state index is 11.6. The largest absolute Gasteiger partial charge is 1.00 e. The van der Waals surface area contributed by atoms with Crippen LogP contribution in [-0.4, -0.2) is 50.3 Å². The van der Waals surface area contributed by atoms with Crippen LogP contribution in [0.1, 0.15) is 58.1 Å². The summed E-state index contributed by atoms with van der Waals surface area (Å²) in [7, 11) is -5.31. The van der Waals surface area contributed by atoms with E-state index in [2.05, 4.69) is 0 Å².